The Morgan fingerprint density at radius 1 is 1.14 bits per heavy atom. The molecule has 0 amide bonds. The summed E-state index contributed by atoms with van der Waals surface area (Å²) < 4.78 is 25.3. The first-order valence-electron chi connectivity index (χ1n) is 4.67. The number of benzene rings is 1. The summed E-state index contributed by atoms with van der Waals surface area (Å²) >= 11 is 0. The van der Waals surface area contributed by atoms with Gasteiger partial charge in [-0.2, -0.15) is 0 Å². The topological polar surface area (TPSA) is 24.1 Å². The van der Waals surface area contributed by atoms with Crippen LogP contribution >= 0.6 is 0 Å². The number of hydrogen-bond acceptors (Lipinski definition) is 2. The van der Waals surface area contributed by atoms with Gasteiger partial charge in [-0.25, -0.2) is 14.2 Å². The SMILES string of the molecule is Fc1ccc(NNC2CCC2F)cc1. The summed E-state index contributed by atoms with van der Waals surface area (Å²) in [6.07, 6.45) is 0.709. The molecule has 4 heteroatoms. The van der Waals surface area contributed by atoms with E-state index in [1.54, 1.807) is 12.1 Å². The Kier molecular flexibility index (Phi) is 2.63. The summed E-state index contributed by atoms with van der Waals surface area (Å²) in [7, 11) is 0. The van der Waals surface area contributed by atoms with Gasteiger partial charge >= 0.3 is 0 Å². The maximum Gasteiger partial charge on any atom is 0.123 e. The maximum absolute atomic E-state index is 12.8. The summed E-state index contributed by atoms with van der Waals surface area (Å²) in [5, 5.41) is 0. The van der Waals surface area contributed by atoms with Gasteiger partial charge in [-0.3, -0.25) is 0 Å². The Morgan fingerprint density at radius 3 is 2.36 bits per heavy atom. The highest BCUT2D eigenvalue weighted by atomic mass is 19.1. The number of hydrogen-bond donors (Lipinski definition) is 2. The van der Waals surface area contributed by atoms with E-state index in [4.69, 9.17) is 0 Å². The lowest BCUT2D eigenvalue weighted by Gasteiger charge is -2.31. The average Bonchev–Trinajstić information content (AvgIpc) is 2.19. The number of rotatable bonds is 3. The third kappa shape index (κ3) is 2.01. The van der Waals surface area contributed by atoms with Crippen LogP contribution in [-0.4, -0.2) is 12.2 Å². The van der Waals surface area contributed by atoms with Crippen LogP contribution in [0.2, 0.25) is 0 Å². The highest BCUT2D eigenvalue weighted by Gasteiger charge is 2.30. The fourth-order valence-corrected chi connectivity index (χ4v) is 1.33. The zero-order valence-electron chi connectivity index (χ0n) is 7.63. The average molecular weight is 198 g/mol. The molecule has 14 heavy (non-hydrogen) atoms. The van der Waals surface area contributed by atoms with Gasteiger partial charge in [0.1, 0.15) is 12.0 Å². The van der Waals surface area contributed by atoms with Gasteiger partial charge in [-0.1, -0.05) is 0 Å². The zero-order valence-corrected chi connectivity index (χ0v) is 7.63. The Morgan fingerprint density at radius 2 is 1.86 bits per heavy atom. The maximum atomic E-state index is 12.8. The van der Waals surface area contributed by atoms with Crippen LogP contribution in [0.1, 0.15) is 12.8 Å². The van der Waals surface area contributed by atoms with Crippen molar-refractivity contribution < 1.29 is 8.78 Å². The molecule has 1 aliphatic rings. The molecular formula is C10H12F2N2. The van der Waals surface area contributed by atoms with Crippen LogP contribution in [0.5, 0.6) is 0 Å². The lowest BCUT2D eigenvalue weighted by Crippen LogP contribution is -2.47. The quantitative estimate of drug-likeness (QED) is 0.728. The van der Waals surface area contributed by atoms with Crippen molar-refractivity contribution in [1.82, 2.24) is 5.43 Å². The monoisotopic (exact) mass is 198 g/mol. The van der Waals surface area contributed by atoms with Crippen molar-refractivity contribution in [1.29, 1.82) is 0 Å². The summed E-state index contributed by atoms with van der Waals surface area (Å²) in [6.45, 7) is 0. The standard InChI is InChI=1S/C10H12F2N2/c11-7-1-3-8(4-2-7)13-14-10-6-5-9(10)12/h1-4,9-10,13-14H,5-6H2. The van der Waals surface area contributed by atoms with E-state index < -0.39 is 6.17 Å². The van der Waals surface area contributed by atoms with Crippen LogP contribution in [0.25, 0.3) is 0 Å². The third-order valence-electron chi connectivity index (χ3n) is 2.44. The van der Waals surface area contributed by atoms with Gasteiger partial charge < -0.3 is 5.43 Å². The van der Waals surface area contributed by atoms with Crippen LogP contribution in [0.3, 0.4) is 0 Å². The van der Waals surface area contributed by atoms with Crippen LogP contribution in [0.4, 0.5) is 14.5 Å². The molecule has 0 spiro atoms. The normalized spacial score (nSPS) is 25.6. The van der Waals surface area contributed by atoms with Crippen LogP contribution in [-0.2, 0) is 0 Å². The number of hydrazine groups is 1. The fraction of sp³-hybridized carbons (Fsp3) is 0.400. The van der Waals surface area contributed by atoms with Gasteiger partial charge in [0, 0.05) is 5.69 Å². The van der Waals surface area contributed by atoms with E-state index in [1.165, 1.54) is 12.1 Å². The lowest BCUT2D eigenvalue weighted by atomic mass is 9.91. The fourth-order valence-electron chi connectivity index (χ4n) is 1.33. The van der Waals surface area contributed by atoms with E-state index in [1.807, 2.05) is 0 Å². The molecule has 0 aromatic heterocycles. The van der Waals surface area contributed by atoms with E-state index in [9.17, 15) is 8.78 Å². The summed E-state index contributed by atoms with van der Waals surface area (Å²) in [5.41, 5.74) is 6.45. The largest absolute Gasteiger partial charge is 0.321 e. The van der Waals surface area contributed by atoms with Gasteiger partial charge in [0.05, 0.1) is 6.04 Å². The molecule has 2 atom stereocenters. The van der Waals surface area contributed by atoms with Crippen molar-refractivity contribution in [3.05, 3.63) is 30.1 Å². The molecule has 2 unspecified atom stereocenters. The van der Waals surface area contributed by atoms with Crippen molar-refractivity contribution in [2.24, 2.45) is 0 Å². The molecule has 1 aromatic carbocycles. The van der Waals surface area contributed by atoms with E-state index >= 15 is 0 Å². The van der Waals surface area contributed by atoms with Crippen LogP contribution in [0.15, 0.2) is 24.3 Å². The molecule has 2 rings (SSSR count). The molecule has 0 saturated heterocycles. The summed E-state index contributed by atoms with van der Waals surface area (Å²) in [4.78, 5) is 0. The number of nitrogens with one attached hydrogen (secondary N) is 2. The van der Waals surface area contributed by atoms with Crippen molar-refractivity contribution in [3.63, 3.8) is 0 Å². The smallest absolute Gasteiger partial charge is 0.123 e. The van der Waals surface area contributed by atoms with Gasteiger partial charge in [0.25, 0.3) is 0 Å². The minimum Gasteiger partial charge on any atom is -0.321 e. The third-order valence-corrected chi connectivity index (χ3v) is 2.44. The molecule has 0 aliphatic heterocycles. The highest BCUT2D eigenvalue weighted by Crippen LogP contribution is 2.23. The highest BCUT2D eigenvalue weighted by molar-refractivity contribution is 5.41. The minimum absolute atomic E-state index is 0.111. The first-order valence-corrected chi connectivity index (χ1v) is 4.67. The molecule has 0 bridgehead atoms. The molecule has 0 radical (unpaired) electrons. The predicted molar refractivity (Wildman–Crippen MR) is 51.1 cm³/mol. The Labute approximate surface area is 81.3 Å². The summed E-state index contributed by atoms with van der Waals surface area (Å²) in [6, 6.07) is 5.82. The second kappa shape index (κ2) is 3.92. The Balaban J connectivity index is 1.83. The number of halogens is 2. The molecular weight excluding hydrogens is 186 g/mol. The van der Waals surface area contributed by atoms with Gasteiger partial charge in [0.2, 0.25) is 0 Å². The van der Waals surface area contributed by atoms with E-state index in [0.29, 0.717) is 6.42 Å². The molecule has 1 saturated carbocycles. The molecule has 1 aromatic rings. The lowest BCUT2D eigenvalue weighted by molar-refractivity contribution is 0.149. The van der Waals surface area contributed by atoms with Gasteiger partial charge in [-0.05, 0) is 37.1 Å². The van der Waals surface area contributed by atoms with E-state index in [2.05, 4.69) is 10.9 Å². The molecule has 1 aliphatic carbocycles. The van der Waals surface area contributed by atoms with Crippen molar-refractivity contribution in [3.8, 4) is 0 Å². The zero-order chi connectivity index (χ0) is 9.97. The number of anilines is 1. The minimum atomic E-state index is -0.761. The van der Waals surface area contributed by atoms with Crippen LogP contribution in [0, 0.1) is 5.82 Å². The summed E-state index contributed by atoms with van der Waals surface area (Å²) in [5.74, 6) is -0.275. The van der Waals surface area contributed by atoms with Crippen molar-refractivity contribution in [2.45, 2.75) is 25.1 Å². The second-order valence-corrected chi connectivity index (χ2v) is 3.48. The van der Waals surface area contributed by atoms with Gasteiger partial charge in [0.15, 0.2) is 0 Å². The van der Waals surface area contributed by atoms with Crippen molar-refractivity contribution in [2.75, 3.05) is 5.43 Å². The van der Waals surface area contributed by atoms with E-state index in [0.717, 1.165) is 12.1 Å². The molecule has 2 nitrogen and oxygen atoms in total. The molecule has 76 valence electrons. The van der Waals surface area contributed by atoms with Crippen molar-refractivity contribution >= 4 is 5.69 Å². The number of alkyl halides is 1. The molecule has 1 fully saturated rings. The second-order valence-electron chi connectivity index (χ2n) is 3.48. The molecule has 0 heterocycles. The first-order chi connectivity index (χ1) is 6.75. The van der Waals surface area contributed by atoms with Gasteiger partial charge in [-0.15, -0.1) is 0 Å². The molecule has 2 N–H and O–H groups in total. The van der Waals surface area contributed by atoms with E-state index in [-0.39, 0.29) is 11.9 Å². The first kappa shape index (κ1) is 9.40. The van der Waals surface area contributed by atoms with Crippen LogP contribution < -0.4 is 10.9 Å². The predicted octanol–water partition coefficient (Wildman–Crippen LogP) is 2.24. The Bertz CT molecular complexity index is 299. The Hall–Kier alpha value is -1.16.